The summed E-state index contributed by atoms with van der Waals surface area (Å²) in [7, 11) is 0. The van der Waals surface area contributed by atoms with E-state index in [0.29, 0.717) is 0 Å². The Hall–Kier alpha value is -0.850. The van der Waals surface area contributed by atoms with Gasteiger partial charge in [-0.25, -0.2) is 0 Å². The Kier molecular flexibility index (Phi) is 7.26. The van der Waals surface area contributed by atoms with E-state index in [1.807, 2.05) is 13.8 Å². The molecule has 0 aromatic carbocycles. The van der Waals surface area contributed by atoms with Gasteiger partial charge in [0.2, 0.25) is 0 Å². The quantitative estimate of drug-likeness (QED) is 0.554. The molecule has 112 valence electrons. The van der Waals surface area contributed by atoms with Crippen molar-refractivity contribution in [3.05, 3.63) is 31.2 Å². The Bertz CT molecular complexity index is 511. The first kappa shape index (κ1) is 17.2. The zero-order chi connectivity index (χ0) is 15.1. The average Bonchev–Trinajstić information content (AvgIpc) is 2.38. The fourth-order valence-electron chi connectivity index (χ4n) is 2.02. The van der Waals surface area contributed by atoms with Crippen LogP contribution >= 0.6 is 22.6 Å². The van der Waals surface area contributed by atoms with Crippen molar-refractivity contribution in [1.82, 2.24) is 10.3 Å². The molecule has 0 unspecified atom stereocenters. The van der Waals surface area contributed by atoms with Crippen LogP contribution in [0.3, 0.4) is 0 Å². The number of aromatic nitrogens is 1. The number of aromatic amines is 1. The lowest BCUT2D eigenvalue weighted by molar-refractivity contribution is 0.0936. The molecule has 0 bridgehead atoms. The molecule has 4 nitrogen and oxygen atoms in total. The van der Waals surface area contributed by atoms with E-state index in [1.54, 1.807) is 6.07 Å². The standard InChI is InChI=1S/C15H23IN2O2/c1-4-5-6-7-8-10(2)17-14(19)12-9-13(16)11(3)18-15(12)20/h9-10H,4-8H2,1-3H3,(H,17,19)(H,18,20)/t10-/m0/s1. The number of hydrogen-bond acceptors (Lipinski definition) is 2. The van der Waals surface area contributed by atoms with Crippen molar-refractivity contribution >= 4 is 28.5 Å². The molecular weight excluding hydrogens is 367 g/mol. The van der Waals surface area contributed by atoms with Gasteiger partial charge in [0.15, 0.2) is 0 Å². The summed E-state index contributed by atoms with van der Waals surface area (Å²) in [5.74, 6) is -0.285. The maximum atomic E-state index is 12.1. The third kappa shape index (κ3) is 5.26. The summed E-state index contributed by atoms with van der Waals surface area (Å²) < 4.78 is 0.892. The minimum Gasteiger partial charge on any atom is -0.349 e. The van der Waals surface area contributed by atoms with E-state index >= 15 is 0 Å². The van der Waals surface area contributed by atoms with Gasteiger partial charge in [-0.15, -0.1) is 0 Å². The van der Waals surface area contributed by atoms with Crippen molar-refractivity contribution in [2.24, 2.45) is 0 Å². The average molecular weight is 390 g/mol. The first-order chi connectivity index (χ1) is 9.45. The van der Waals surface area contributed by atoms with Gasteiger partial charge in [0.25, 0.3) is 11.5 Å². The summed E-state index contributed by atoms with van der Waals surface area (Å²) in [4.78, 5) is 26.6. The van der Waals surface area contributed by atoms with Crippen LogP contribution in [-0.4, -0.2) is 16.9 Å². The topological polar surface area (TPSA) is 62.0 Å². The SMILES string of the molecule is CCCCCC[C@H](C)NC(=O)c1cc(I)c(C)[nH]c1=O. The molecule has 0 aliphatic carbocycles. The number of pyridine rings is 1. The number of aryl methyl sites for hydroxylation is 1. The number of amides is 1. The summed E-state index contributed by atoms with van der Waals surface area (Å²) in [5.41, 5.74) is 0.666. The Morgan fingerprint density at radius 1 is 1.40 bits per heavy atom. The lowest BCUT2D eigenvalue weighted by atomic mass is 10.1. The van der Waals surface area contributed by atoms with E-state index in [9.17, 15) is 9.59 Å². The van der Waals surface area contributed by atoms with E-state index in [1.165, 1.54) is 19.3 Å². The molecule has 1 aromatic heterocycles. The number of carbonyl (C=O) groups excluding carboxylic acids is 1. The number of hydrogen-bond donors (Lipinski definition) is 2. The fourth-order valence-corrected chi connectivity index (χ4v) is 2.46. The second-order valence-electron chi connectivity index (χ2n) is 5.21. The molecule has 5 heteroatoms. The molecule has 2 N–H and O–H groups in total. The van der Waals surface area contributed by atoms with Crippen LogP contribution in [0.5, 0.6) is 0 Å². The van der Waals surface area contributed by atoms with Crippen molar-refractivity contribution < 1.29 is 4.79 Å². The van der Waals surface area contributed by atoms with Gasteiger partial charge in [-0.3, -0.25) is 9.59 Å². The van der Waals surface area contributed by atoms with Gasteiger partial charge in [0, 0.05) is 15.3 Å². The van der Waals surface area contributed by atoms with Crippen LogP contribution in [0.1, 0.15) is 62.0 Å². The second kappa shape index (κ2) is 8.44. The van der Waals surface area contributed by atoms with Crippen molar-refractivity contribution in [3.8, 4) is 0 Å². The first-order valence-corrected chi connectivity index (χ1v) is 8.23. The van der Waals surface area contributed by atoms with Gasteiger partial charge in [-0.1, -0.05) is 32.6 Å². The van der Waals surface area contributed by atoms with Gasteiger partial charge in [0.1, 0.15) is 5.56 Å². The highest BCUT2D eigenvalue weighted by molar-refractivity contribution is 14.1. The van der Waals surface area contributed by atoms with Gasteiger partial charge >= 0.3 is 0 Å². The van der Waals surface area contributed by atoms with E-state index < -0.39 is 0 Å². The predicted molar refractivity (Wildman–Crippen MR) is 90.2 cm³/mol. The Balaban J connectivity index is 2.58. The summed E-state index contributed by atoms with van der Waals surface area (Å²) >= 11 is 2.12. The summed E-state index contributed by atoms with van der Waals surface area (Å²) in [6, 6.07) is 1.74. The van der Waals surface area contributed by atoms with Crippen LogP contribution in [0.4, 0.5) is 0 Å². The molecule has 0 saturated heterocycles. The van der Waals surface area contributed by atoms with Crippen LogP contribution < -0.4 is 10.9 Å². The van der Waals surface area contributed by atoms with Crippen LogP contribution in [0.15, 0.2) is 10.9 Å². The molecule has 1 aromatic rings. The molecule has 1 atom stereocenters. The summed E-state index contributed by atoms with van der Waals surface area (Å²) in [6.45, 7) is 5.98. The van der Waals surface area contributed by atoms with Gasteiger partial charge in [-0.2, -0.15) is 0 Å². The number of H-pyrrole nitrogens is 1. The third-order valence-corrected chi connectivity index (χ3v) is 4.41. The number of carbonyl (C=O) groups is 1. The Labute approximate surface area is 133 Å². The van der Waals surface area contributed by atoms with Crippen molar-refractivity contribution in [2.75, 3.05) is 0 Å². The van der Waals surface area contributed by atoms with Crippen molar-refractivity contribution in [3.63, 3.8) is 0 Å². The predicted octanol–water partition coefficient (Wildman–Crippen LogP) is 3.38. The second-order valence-corrected chi connectivity index (χ2v) is 6.37. The zero-order valence-corrected chi connectivity index (χ0v) is 14.5. The van der Waals surface area contributed by atoms with E-state index in [0.717, 1.165) is 22.1 Å². The van der Waals surface area contributed by atoms with E-state index in [2.05, 4.69) is 39.8 Å². The minimum atomic E-state index is -0.321. The molecule has 0 fully saturated rings. The number of rotatable bonds is 7. The minimum absolute atomic E-state index is 0.0951. The van der Waals surface area contributed by atoms with Crippen LogP contribution in [-0.2, 0) is 0 Å². The smallest absolute Gasteiger partial charge is 0.261 e. The molecule has 0 aliphatic heterocycles. The largest absolute Gasteiger partial charge is 0.349 e. The molecular formula is C15H23IN2O2. The lowest BCUT2D eigenvalue weighted by Gasteiger charge is -2.13. The monoisotopic (exact) mass is 390 g/mol. The number of nitrogens with one attached hydrogen (secondary N) is 2. The molecule has 0 spiro atoms. The molecule has 1 heterocycles. The maximum absolute atomic E-state index is 12.1. The molecule has 0 radical (unpaired) electrons. The van der Waals surface area contributed by atoms with E-state index in [4.69, 9.17) is 0 Å². The number of unbranched alkanes of at least 4 members (excludes halogenated alkanes) is 3. The van der Waals surface area contributed by atoms with E-state index in [-0.39, 0.29) is 23.1 Å². The molecule has 0 aliphatic rings. The Morgan fingerprint density at radius 2 is 2.10 bits per heavy atom. The molecule has 1 amide bonds. The summed E-state index contributed by atoms with van der Waals surface area (Å²) in [5, 5.41) is 2.90. The van der Waals surface area contributed by atoms with Gasteiger partial charge in [-0.05, 0) is 48.9 Å². The first-order valence-electron chi connectivity index (χ1n) is 7.16. The lowest BCUT2D eigenvalue weighted by Crippen LogP contribution is -2.36. The van der Waals surface area contributed by atoms with Crippen LogP contribution in [0.2, 0.25) is 0 Å². The molecule has 1 rings (SSSR count). The highest BCUT2D eigenvalue weighted by atomic mass is 127. The zero-order valence-electron chi connectivity index (χ0n) is 12.4. The highest BCUT2D eigenvalue weighted by Crippen LogP contribution is 2.09. The van der Waals surface area contributed by atoms with Crippen molar-refractivity contribution in [1.29, 1.82) is 0 Å². The maximum Gasteiger partial charge on any atom is 0.261 e. The molecule has 0 saturated carbocycles. The van der Waals surface area contributed by atoms with Gasteiger partial charge in [0.05, 0.1) is 0 Å². The summed E-state index contributed by atoms with van der Waals surface area (Å²) in [6.07, 6.45) is 5.69. The van der Waals surface area contributed by atoms with Crippen LogP contribution in [0.25, 0.3) is 0 Å². The molecule has 20 heavy (non-hydrogen) atoms. The number of halogens is 1. The van der Waals surface area contributed by atoms with Gasteiger partial charge < -0.3 is 10.3 Å². The third-order valence-electron chi connectivity index (χ3n) is 3.29. The normalized spacial score (nSPS) is 12.2. The van der Waals surface area contributed by atoms with Crippen LogP contribution in [0, 0.1) is 10.5 Å². The fraction of sp³-hybridized carbons (Fsp3) is 0.600. The Morgan fingerprint density at radius 3 is 2.75 bits per heavy atom. The highest BCUT2D eigenvalue weighted by Gasteiger charge is 2.14. The van der Waals surface area contributed by atoms with Crippen molar-refractivity contribution in [2.45, 2.75) is 58.9 Å².